The van der Waals surface area contributed by atoms with Gasteiger partial charge in [0.1, 0.15) is 0 Å². The highest BCUT2D eigenvalue weighted by Crippen LogP contribution is 2.19. The molecule has 134 valence electrons. The Balaban J connectivity index is 1.63. The second-order valence-corrected chi connectivity index (χ2v) is 5.69. The van der Waals surface area contributed by atoms with Crippen LogP contribution in [0.15, 0.2) is 36.2 Å². The summed E-state index contributed by atoms with van der Waals surface area (Å²) >= 11 is 0. The third kappa shape index (κ3) is 6.62. The van der Waals surface area contributed by atoms with E-state index in [-0.39, 0.29) is 5.56 Å². The number of allylic oxidation sites excluding steroid dienone is 1. The van der Waals surface area contributed by atoms with Crippen LogP contribution < -0.4 is 15.4 Å². The van der Waals surface area contributed by atoms with E-state index in [9.17, 15) is 19.6 Å². The van der Waals surface area contributed by atoms with Gasteiger partial charge < -0.3 is 15.3 Å². The van der Waals surface area contributed by atoms with Crippen molar-refractivity contribution in [1.82, 2.24) is 10.6 Å². The number of carbonyl (C=O) groups is 3. The highest BCUT2D eigenvalue weighted by molar-refractivity contribution is 5.96. The van der Waals surface area contributed by atoms with Crippen molar-refractivity contribution >= 4 is 17.9 Å². The van der Waals surface area contributed by atoms with E-state index in [1.54, 1.807) is 0 Å². The summed E-state index contributed by atoms with van der Waals surface area (Å²) in [5, 5.41) is 15.6. The molecule has 0 aromatic carbocycles. The van der Waals surface area contributed by atoms with Crippen LogP contribution in [0.5, 0.6) is 0 Å². The quantitative estimate of drug-likeness (QED) is 0.347. The number of urea groups is 1. The Hall–Kier alpha value is -2.90. The Kier molecular flexibility index (Phi) is 6.94. The summed E-state index contributed by atoms with van der Waals surface area (Å²) < 4.78 is 5.30. The van der Waals surface area contributed by atoms with Crippen LogP contribution >= 0.6 is 0 Å². The van der Waals surface area contributed by atoms with Gasteiger partial charge in [-0.25, -0.2) is 9.59 Å². The minimum Gasteiger partial charge on any atom is -0.619 e. The molecule has 1 aliphatic carbocycles. The minimum absolute atomic E-state index is 0.144. The predicted octanol–water partition coefficient (Wildman–Crippen LogP) is 1.19. The van der Waals surface area contributed by atoms with E-state index in [0.717, 1.165) is 31.7 Å². The number of rotatable bonds is 6. The lowest BCUT2D eigenvalue weighted by Gasteiger charge is -2.13. The number of nitrogens with zero attached hydrogens (tertiary/aromatic N) is 1. The Bertz CT molecular complexity index is 655. The molecule has 0 unspecified atom stereocenters. The van der Waals surface area contributed by atoms with Gasteiger partial charge in [-0.2, -0.15) is 4.73 Å². The maximum Gasteiger partial charge on any atom is 0.339 e. The maximum atomic E-state index is 11.7. The Morgan fingerprint density at radius 3 is 2.64 bits per heavy atom. The number of esters is 1. The molecule has 1 aromatic heterocycles. The molecule has 0 radical (unpaired) electrons. The molecule has 1 aliphatic rings. The number of hydrogen-bond donors (Lipinski definition) is 2. The highest BCUT2D eigenvalue weighted by Gasteiger charge is 2.13. The lowest BCUT2D eigenvalue weighted by Crippen LogP contribution is -2.41. The molecule has 0 bridgehead atoms. The molecule has 0 spiro atoms. The average Bonchev–Trinajstić information content (AvgIpc) is 2.61. The summed E-state index contributed by atoms with van der Waals surface area (Å²) in [7, 11) is 0. The topological polar surface area (TPSA) is 111 Å². The number of amides is 3. The fraction of sp³-hybridized carbons (Fsp3) is 0.412. The van der Waals surface area contributed by atoms with Crippen LogP contribution in [-0.4, -0.2) is 31.1 Å². The summed E-state index contributed by atoms with van der Waals surface area (Å²) in [6, 6.07) is 1.93. The minimum atomic E-state index is -0.750. The van der Waals surface area contributed by atoms with Crippen molar-refractivity contribution < 1.29 is 23.9 Å². The van der Waals surface area contributed by atoms with Crippen molar-refractivity contribution in [3.05, 3.63) is 46.9 Å². The lowest BCUT2D eigenvalue weighted by molar-refractivity contribution is -0.605. The highest BCUT2D eigenvalue weighted by atomic mass is 16.5. The van der Waals surface area contributed by atoms with Crippen LogP contribution in [0, 0.1) is 5.21 Å². The van der Waals surface area contributed by atoms with Crippen molar-refractivity contribution in [1.29, 1.82) is 0 Å². The smallest absolute Gasteiger partial charge is 0.339 e. The molecule has 0 aliphatic heterocycles. The van der Waals surface area contributed by atoms with E-state index in [4.69, 9.17) is 4.74 Å². The summed E-state index contributed by atoms with van der Waals surface area (Å²) in [5.74, 6) is -1.47. The molecule has 8 heteroatoms. The summed E-state index contributed by atoms with van der Waals surface area (Å²) in [5.41, 5.74) is 1.47. The number of nitrogens with one attached hydrogen (secondary N) is 2. The van der Waals surface area contributed by atoms with Gasteiger partial charge in [0.25, 0.3) is 5.91 Å². The first-order chi connectivity index (χ1) is 12.0. The van der Waals surface area contributed by atoms with Crippen molar-refractivity contribution in [2.24, 2.45) is 0 Å². The van der Waals surface area contributed by atoms with Crippen LogP contribution in [0.2, 0.25) is 0 Å². The molecule has 1 heterocycles. The van der Waals surface area contributed by atoms with Gasteiger partial charge in [-0.1, -0.05) is 11.6 Å². The van der Waals surface area contributed by atoms with Crippen molar-refractivity contribution in [2.45, 2.75) is 32.1 Å². The molecule has 3 amide bonds. The van der Waals surface area contributed by atoms with Gasteiger partial charge in [0, 0.05) is 18.7 Å². The molecule has 8 nitrogen and oxygen atoms in total. The molecule has 0 atom stereocenters. The third-order valence-corrected chi connectivity index (χ3v) is 3.74. The van der Waals surface area contributed by atoms with Crippen LogP contribution in [-0.2, 0) is 9.53 Å². The molecule has 0 saturated heterocycles. The zero-order valence-electron chi connectivity index (χ0n) is 13.8. The van der Waals surface area contributed by atoms with Gasteiger partial charge in [0.15, 0.2) is 19.0 Å². The number of carbonyl (C=O) groups excluding carboxylic acids is 3. The van der Waals surface area contributed by atoms with Gasteiger partial charge in [-0.3, -0.25) is 10.1 Å². The van der Waals surface area contributed by atoms with E-state index >= 15 is 0 Å². The summed E-state index contributed by atoms with van der Waals surface area (Å²) in [4.78, 5) is 34.9. The Morgan fingerprint density at radius 1 is 1.20 bits per heavy atom. The first kappa shape index (κ1) is 18.4. The molecule has 2 N–H and O–H groups in total. The van der Waals surface area contributed by atoms with E-state index in [2.05, 4.69) is 16.7 Å². The third-order valence-electron chi connectivity index (χ3n) is 3.74. The van der Waals surface area contributed by atoms with Gasteiger partial charge in [-0.05, 0) is 32.1 Å². The molecule has 0 saturated carbocycles. The second-order valence-electron chi connectivity index (χ2n) is 5.69. The first-order valence-electron chi connectivity index (χ1n) is 8.16. The molecule has 0 fully saturated rings. The number of pyridine rings is 1. The maximum absolute atomic E-state index is 11.7. The second kappa shape index (κ2) is 9.41. The molecule has 2 rings (SSSR count). The standard InChI is InChI=1S/C17H21N3O5/c21-15(12-25-16(22)14-7-10-20(24)11-8-14)19-17(23)18-9-6-13-4-2-1-3-5-13/h4,7-8,10-11H,1-3,5-6,9,12H2,(H2,18,19,21,23). The molecule has 1 aromatic rings. The fourth-order valence-corrected chi connectivity index (χ4v) is 2.44. The van der Waals surface area contributed by atoms with E-state index in [1.807, 2.05) is 0 Å². The fourth-order valence-electron chi connectivity index (χ4n) is 2.44. The SMILES string of the molecule is O=C(COC(=O)c1cc[n+]([O-])cc1)NC(=O)NCCC1=CCCCC1. The van der Waals surface area contributed by atoms with Gasteiger partial charge >= 0.3 is 12.0 Å². The molecular weight excluding hydrogens is 326 g/mol. The van der Waals surface area contributed by atoms with Crippen molar-refractivity contribution in [3.63, 3.8) is 0 Å². The Morgan fingerprint density at radius 2 is 1.96 bits per heavy atom. The number of aromatic nitrogens is 1. The largest absolute Gasteiger partial charge is 0.619 e. The first-order valence-corrected chi connectivity index (χ1v) is 8.16. The zero-order valence-corrected chi connectivity index (χ0v) is 13.8. The van der Waals surface area contributed by atoms with Crippen molar-refractivity contribution in [3.8, 4) is 0 Å². The van der Waals surface area contributed by atoms with Crippen LogP contribution in [0.4, 0.5) is 4.79 Å². The van der Waals surface area contributed by atoms with Crippen LogP contribution in [0.1, 0.15) is 42.5 Å². The van der Waals surface area contributed by atoms with Gasteiger partial charge in [0.2, 0.25) is 0 Å². The van der Waals surface area contributed by atoms with E-state index in [1.165, 1.54) is 30.5 Å². The van der Waals surface area contributed by atoms with E-state index in [0.29, 0.717) is 11.3 Å². The summed E-state index contributed by atoms with van der Waals surface area (Å²) in [6.45, 7) is -0.131. The lowest BCUT2D eigenvalue weighted by atomic mass is 9.97. The van der Waals surface area contributed by atoms with E-state index < -0.39 is 24.5 Å². The zero-order chi connectivity index (χ0) is 18.1. The van der Waals surface area contributed by atoms with Crippen molar-refractivity contribution in [2.75, 3.05) is 13.2 Å². The van der Waals surface area contributed by atoms with Gasteiger partial charge in [0.05, 0.1) is 5.56 Å². The number of imide groups is 1. The monoisotopic (exact) mass is 347 g/mol. The van der Waals surface area contributed by atoms with Gasteiger partial charge in [-0.15, -0.1) is 0 Å². The number of hydrogen-bond acceptors (Lipinski definition) is 5. The molecular formula is C17H21N3O5. The Labute approximate surface area is 145 Å². The molecule has 25 heavy (non-hydrogen) atoms. The number of ether oxygens (including phenoxy) is 1. The van der Waals surface area contributed by atoms with Crippen LogP contribution in [0.3, 0.4) is 0 Å². The normalized spacial score (nSPS) is 13.5. The predicted molar refractivity (Wildman–Crippen MR) is 88.4 cm³/mol. The average molecular weight is 347 g/mol. The summed E-state index contributed by atoms with van der Waals surface area (Å²) in [6.07, 6.45) is 9.79. The van der Waals surface area contributed by atoms with Crippen LogP contribution in [0.25, 0.3) is 0 Å².